The highest BCUT2D eigenvalue weighted by Crippen LogP contribution is 2.36. The van der Waals surface area contributed by atoms with E-state index in [1.165, 1.54) is 49.1 Å². The van der Waals surface area contributed by atoms with E-state index in [0.717, 1.165) is 31.3 Å². The van der Waals surface area contributed by atoms with Crippen LogP contribution in [0.2, 0.25) is 0 Å². The molecule has 0 saturated heterocycles. The summed E-state index contributed by atoms with van der Waals surface area (Å²) < 4.78 is 0. The molecule has 21 heavy (non-hydrogen) atoms. The zero-order chi connectivity index (χ0) is 14.8. The van der Waals surface area contributed by atoms with Crippen molar-refractivity contribution in [1.82, 2.24) is 15.3 Å². The highest BCUT2D eigenvalue weighted by molar-refractivity contribution is 5.31. The zero-order valence-corrected chi connectivity index (χ0v) is 13.8. The minimum Gasteiger partial charge on any atom is -0.311 e. The Kier molecular flexibility index (Phi) is 4.58. The lowest BCUT2D eigenvalue weighted by Crippen LogP contribution is -2.28. The van der Waals surface area contributed by atoms with Crippen LogP contribution in [0.3, 0.4) is 0 Å². The van der Waals surface area contributed by atoms with Gasteiger partial charge in [-0.25, -0.2) is 9.97 Å². The SMILES string of the molecule is CCC1CCC(c2nc3c(c(C(C)C)n2)CCNC3)CC1. The molecule has 0 unspecified atom stereocenters. The summed E-state index contributed by atoms with van der Waals surface area (Å²) in [5, 5.41) is 3.46. The molecule has 0 radical (unpaired) electrons. The van der Waals surface area contributed by atoms with Crippen molar-refractivity contribution in [2.45, 2.75) is 77.7 Å². The molecule has 0 aromatic carbocycles. The molecule has 3 heteroatoms. The molecule has 1 aromatic rings. The number of rotatable bonds is 3. The van der Waals surface area contributed by atoms with Gasteiger partial charge in [0.25, 0.3) is 0 Å². The summed E-state index contributed by atoms with van der Waals surface area (Å²) in [6, 6.07) is 0. The molecule has 1 N–H and O–H groups in total. The van der Waals surface area contributed by atoms with Gasteiger partial charge in [-0.05, 0) is 56.0 Å². The standard InChI is InChI=1S/C18H29N3/c1-4-13-5-7-14(8-6-13)18-20-16-11-19-10-9-15(16)17(21-18)12(2)3/h12-14,19H,4-11H2,1-3H3. The van der Waals surface area contributed by atoms with E-state index in [0.29, 0.717) is 11.8 Å². The van der Waals surface area contributed by atoms with Crippen molar-refractivity contribution in [3.8, 4) is 0 Å². The summed E-state index contributed by atoms with van der Waals surface area (Å²) in [6.45, 7) is 8.85. The highest BCUT2D eigenvalue weighted by Gasteiger charge is 2.26. The Labute approximate surface area is 129 Å². The molecule has 3 rings (SSSR count). The van der Waals surface area contributed by atoms with Crippen LogP contribution in [-0.4, -0.2) is 16.5 Å². The van der Waals surface area contributed by atoms with Gasteiger partial charge in [-0.2, -0.15) is 0 Å². The van der Waals surface area contributed by atoms with Crippen molar-refractivity contribution in [3.63, 3.8) is 0 Å². The van der Waals surface area contributed by atoms with Crippen molar-refractivity contribution >= 4 is 0 Å². The first-order chi connectivity index (χ1) is 10.2. The van der Waals surface area contributed by atoms with Crippen LogP contribution in [-0.2, 0) is 13.0 Å². The van der Waals surface area contributed by atoms with Gasteiger partial charge in [0, 0.05) is 12.5 Å². The maximum absolute atomic E-state index is 5.02. The van der Waals surface area contributed by atoms with Gasteiger partial charge in [0.15, 0.2) is 0 Å². The van der Waals surface area contributed by atoms with E-state index in [9.17, 15) is 0 Å². The molecule has 0 bridgehead atoms. The Morgan fingerprint density at radius 3 is 2.57 bits per heavy atom. The van der Waals surface area contributed by atoms with Gasteiger partial charge in [-0.1, -0.05) is 27.2 Å². The molecule has 1 aliphatic heterocycles. The third kappa shape index (κ3) is 3.13. The van der Waals surface area contributed by atoms with Crippen LogP contribution in [0.25, 0.3) is 0 Å². The average molecular weight is 287 g/mol. The third-order valence-electron chi connectivity index (χ3n) is 5.32. The second-order valence-corrected chi connectivity index (χ2v) is 7.10. The summed E-state index contributed by atoms with van der Waals surface area (Å²) in [5.41, 5.74) is 4.01. The van der Waals surface area contributed by atoms with Gasteiger partial charge in [0.1, 0.15) is 5.82 Å². The number of nitrogens with one attached hydrogen (secondary N) is 1. The molecule has 0 atom stereocenters. The van der Waals surface area contributed by atoms with E-state index in [4.69, 9.17) is 9.97 Å². The van der Waals surface area contributed by atoms with Gasteiger partial charge >= 0.3 is 0 Å². The lowest BCUT2D eigenvalue weighted by atomic mass is 9.80. The Bertz CT molecular complexity index is 487. The van der Waals surface area contributed by atoms with Crippen LogP contribution < -0.4 is 5.32 Å². The van der Waals surface area contributed by atoms with E-state index in [1.807, 2.05) is 0 Å². The smallest absolute Gasteiger partial charge is 0.132 e. The Morgan fingerprint density at radius 1 is 1.14 bits per heavy atom. The number of hydrogen-bond donors (Lipinski definition) is 1. The molecule has 3 nitrogen and oxygen atoms in total. The van der Waals surface area contributed by atoms with Crippen LogP contribution in [0.1, 0.15) is 87.5 Å². The van der Waals surface area contributed by atoms with Crippen LogP contribution in [0, 0.1) is 5.92 Å². The Morgan fingerprint density at radius 2 is 1.90 bits per heavy atom. The molecule has 1 aliphatic carbocycles. The number of fused-ring (bicyclic) bond motifs is 1. The summed E-state index contributed by atoms with van der Waals surface area (Å²) in [6.07, 6.45) is 7.70. The molecule has 2 aliphatic rings. The Balaban J connectivity index is 1.87. The van der Waals surface area contributed by atoms with Crippen LogP contribution >= 0.6 is 0 Å². The van der Waals surface area contributed by atoms with E-state index in [1.54, 1.807) is 0 Å². The predicted molar refractivity (Wildman–Crippen MR) is 86.5 cm³/mol. The summed E-state index contributed by atoms with van der Waals surface area (Å²) in [5.74, 6) is 3.17. The molecule has 0 amide bonds. The fourth-order valence-corrected chi connectivity index (χ4v) is 3.90. The van der Waals surface area contributed by atoms with Gasteiger partial charge in [-0.15, -0.1) is 0 Å². The topological polar surface area (TPSA) is 37.8 Å². The van der Waals surface area contributed by atoms with Gasteiger partial charge < -0.3 is 5.32 Å². The second kappa shape index (κ2) is 6.43. The molecule has 0 spiro atoms. The third-order valence-corrected chi connectivity index (χ3v) is 5.32. The summed E-state index contributed by atoms with van der Waals surface area (Å²) in [4.78, 5) is 9.98. The van der Waals surface area contributed by atoms with Gasteiger partial charge in [-0.3, -0.25) is 0 Å². The second-order valence-electron chi connectivity index (χ2n) is 7.10. The molecular weight excluding hydrogens is 258 g/mol. The maximum Gasteiger partial charge on any atom is 0.132 e. The first-order valence-electron chi connectivity index (χ1n) is 8.79. The van der Waals surface area contributed by atoms with E-state index >= 15 is 0 Å². The number of nitrogens with zero attached hydrogens (tertiary/aromatic N) is 2. The molecule has 1 fully saturated rings. The van der Waals surface area contributed by atoms with E-state index < -0.39 is 0 Å². The number of aromatic nitrogens is 2. The molecule has 116 valence electrons. The molecular formula is C18H29N3. The van der Waals surface area contributed by atoms with Crippen LogP contribution in [0.5, 0.6) is 0 Å². The van der Waals surface area contributed by atoms with Crippen LogP contribution in [0.4, 0.5) is 0 Å². The highest BCUT2D eigenvalue weighted by atomic mass is 15.0. The summed E-state index contributed by atoms with van der Waals surface area (Å²) in [7, 11) is 0. The Hall–Kier alpha value is -0.960. The van der Waals surface area contributed by atoms with E-state index in [2.05, 4.69) is 26.1 Å². The van der Waals surface area contributed by atoms with Gasteiger partial charge in [0.2, 0.25) is 0 Å². The van der Waals surface area contributed by atoms with Crippen molar-refractivity contribution in [3.05, 3.63) is 22.8 Å². The normalized spacial score (nSPS) is 25.9. The first-order valence-corrected chi connectivity index (χ1v) is 8.79. The average Bonchev–Trinajstić information content (AvgIpc) is 2.53. The monoisotopic (exact) mass is 287 g/mol. The summed E-state index contributed by atoms with van der Waals surface area (Å²) >= 11 is 0. The zero-order valence-electron chi connectivity index (χ0n) is 13.8. The quantitative estimate of drug-likeness (QED) is 0.915. The first kappa shape index (κ1) is 15.0. The lowest BCUT2D eigenvalue weighted by Gasteiger charge is -2.29. The molecule has 1 saturated carbocycles. The van der Waals surface area contributed by atoms with Crippen molar-refractivity contribution < 1.29 is 0 Å². The largest absolute Gasteiger partial charge is 0.311 e. The van der Waals surface area contributed by atoms with Crippen LogP contribution in [0.15, 0.2) is 0 Å². The lowest BCUT2D eigenvalue weighted by molar-refractivity contribution is 0.311. The fraction of sp³-hybridized carbons (Fsp3) is 0.778. The predicted octanol–water partition coefficient (Wildman–Crippen LogP) is 3.93. The van der Waals surface area contributed by atoms with Crippen molar-refractivity contribution in [2.24, 2.45) is 5.92 Å². The minimum absolute atomic E-state index is 0.505. The molecule has 2 heterocycles. The molecule has 1 aromatic heterocycles. The minimum atomic E-state index is 0.505. The van der Waals surface area contributed by atoms with Gasteiger partial charge in [0.05, 0.1) is 11.4 Å². The fourth-order valence-electron chi connectivity index (χ4n) is 3.90. The van der Waals surface area contributed by atoms with E-state index in [-0.39, 0.29) is 0 Å². The maximum atomic E-state index is 5.02. The number of hydrogen-bond acceptors (Lipinski definition) is 3. The van der Waals surface area contributed by atoms with Crippen molar-refractivity contribution in [1.29, 1.82) is 0 Å². The van der Waals surface area contributed by atoms with Crippen molar-refractivity contribution in [2.75, 3.05) is 6.54 Å².